The van der Waals surface area contributed by atoms with Crippen molar-refractivity contribution in [1.82, 2.24) is 4.90 Å². The summed E-state index contributed by atoms with van der Waals surface area (Å²) in [6, 6.07) is 6.30. The van der Waals surface area contributed by atoms with Crippen molar-refractivity contribution < 1.29 is 33.7 Å². The van der Waals surface area contributed by atoms with E-state index in [9.17, 15) is 19.5 Å². The number of likely N-dealkylation sites (tertiary alicyclic amines) is 1. The third kappa shape index (κ3) is 5.61. The number of aliphatic hydroxyl groups excluding tert-OH is 1. The summed E-state index contributed by atoms with van der Waals surface area (Å²) < 4.78 is 17.8. The van der Waals surface area contributed by atoms with Crippen molar-refractivity contribution in [2.24, 2.45) is 17.8 Å². The second-order valence-electron chi connectivity index (χ2n) is 11.9. The summed E-state index contributed by atoms with van der Waals surface area (Å²) in [5.74, 6) is -1.95. The number of methoxy groups -OCH3 is 1. The van der Waals surface area contributed by atoms with Crippen LogP contribution >= 0.6 is 0 Å². The fraction of sp³-hybridized carbons (Fsp3) is 0.606. The van der Waals surface area contributed by atoms with E-state index in [4.69, 9.17) is 14.2 Å². The van der Waals surface area contributed by atoms with Crippen LogP contribution in [0.15, 0.2) is 49.6 Å². The third-order valence-electron chi connectivity index (χ3n) is 9.37. The van der Waals surface area contributed by atoms with E-state index in [1.807, 2.05) is 26.0 Å². The van der Waals surface area contributed by atoms with Crippen LogP contribution in [0.25, 0.3) is 0 Å². The van der Waals surface area contributed by atoms with Gasteiger partial charge in [0.25, 0.3) is 5.91 Å². The molecule has 42 heavy (non-hydrogen) atoms. The van der Waals surface area contributed by atoms with Gasteiger partial charge in [-0.3, -0.25) is 14.4 Å². The van der Waals surface area contributed by atoms with Gasteiger partial charge in [0, 0.05) is 25.4 Å². The number of carbonyl (C=O) groups is 3. The molecule has 0 saturated carbocycles. The van der Waals surface area contributed by atoms with Crippen molar-refractivity contribution in [3.8, 4) is 5.75 Å². The maximum atomic E-state index is 14.7. The molecule has 3 fully saturated rings. The minimum atomic E-state index is -1.15. The van der Waals surface area contributed by atoms with Crippen molar-refractivity contribution in [1.29, 1.82) is 0 Å². The highest BCUT2D eigenvalue weighted by atomic mass is 16.6. The van der Waals surface area contributed by atoms with Gasteiger partial charge in [-0.1, -0.05) is 31.9 Å². The second-order valence-corrected chi connectivity index (χ2v) is 11.9. The molecule has 3 aliphatic rings. The maximum Gasteiger partial charge on any atom is 0.312 e. The van der Waals surface area contributed by atoms with Gasteiger partial charge < -0.3 is 29.1 Å². The average molecular weight is 583 g/mol. The molecule has 3 unspecified atom stereocenters. The Kier molecular flexibility index (Phi) is 10.1. The van der Waals surface area contributed by atoms with Gasteiger partial charge >= 0.3 is 5.97 Å². The number of allylic oxidation sites excluding steroid dienone is 1. The Morgan fingerprint density at radius 2 is 1.86 bits per heavy atom. The quantitative estimate of drug-likeness (QED) is 0.176. The fourth-order valence-corrected chi connectivity index (χ4v) is 7.22. The molecule has 0 aliphatic carbocycles. The van der Waals surface area contributed by atoms with Crippen LogP contribution in [0.2, 0.25) is 0 Å². The number of anilines is 1. The molecular weight excluding hydrogens is 536 g/mol. The zero-order valence-corrected chi connectivity index (χ0v) is 25.3. The molecule has 9 nitrogen and oxygen atoms in total. The number of rotatable bonds is 16. The number of fused-ring (bicyclic) bond motifs is 1. The van der Waals surface area contributed by atoms with Crippen molar-refractivity contribution in [2.45, 2.75) is 76.0 Å². The number of unbranched alkanes of at least 4 members (excludes halogenated alkanes) is 4. The zero-order valence-electron chi connectivity index (χ0n) is 25.3. The highest BCUT2D eigenvalue weighted by Gasteiger charge is 2.80. The number of ether oxygens (including phenoxy) is 3. The second kappa shape index (κ2) is 13.4. The first-order valence-electron chi connectivity index (χ1n) is 15.2. The van der Waals surface area contributed by atoms with Crippen LogP contribution in [0.3, 0.4) is 0 Å². The van der Waals surface area contributed by atoms with E-state index < -0.39 is 35.0 Å². The number of nitrogens with zero attached hydrogens (tertiary/aromatic N) is 2. The lowest BCUT2D eigenvalue weighted by molar-refractivity contribution is -0.161. The van der Waals surface area contributed by atoms with Crippen molar-refractivity contribution in [3.05, 3.63) is 49.6 Å². The normalized spacial score (nSPS) is 29.3. The first-order chi connectivity index (χ1) is 20.2. The standard InChI is InChI=1S/C33H46N2O7/c1-6-8-13-21-41-31(39)27-26-29(37)35(19-11-9-10-12-20-36)28(33(26)22-23(3)32(27,4)42-33)30(38)34(18-7-2)24-14-16-25(40-5)17-15-24/h6-7,14-17,23,26-28,36H,1-2,8-13,18-22H2,3-5H3/t23?,26-,27-,28?,32+,33?/m0/s1. The average Bonchev–Trinajstić information content (AvgIpc) is 3.50. The van der Waals surface area contributed by atoms with Crippen LogP contribution in [-0.2, 0) is 23.9 Å². The first-order valence-corrected chi connectivity index (χ1v) is 15.2. The molecule has 1 spiro atoms. The van der Waals surface area contributed by atoms with E-state index in [0.29, 0.717) is 43.7 Å². The van der Waals surface area contributed by atoms with Gasteiger partial charge in [-0.05, 0) is 69.2 Å². The van der Waals surface area contributed by atoms with E-state index in [2.05, 4.69) is 13.2 Å². The van der Waals surface area contributed by atoms with Gasteiger partial charge in [-0.25, -0.2) is 0 Å². The Labute approximate surface area is 249 Å². The Balaban J connectivity index is 1.72. The molecule has 1 N–H and O–H groups in total. The van der Waals surface area contributed by atoms with Gasteiger partial charge in [0.2, 0.25) is 5.91 Å². The lowest BCUT2D eigenvalue weighted by Gasteiger charge is -2.37. The number of carbonyl (C=O) groups excluding carboxylic acids is 3. The van der Waals surface area contributed by atoms with Gasteiger partial charge in [0.05, 0.1) is 25.2 Å². The first kappa shape index (κ1) is 31.8. The topological polar surface area (TPSA) is 106 Å². The monoisotopic (exact) mass is 582 g/mol. The number of amides is 2. The molecule has 0 aromatic heterocycles. The summed E-state index contributed by atoms with van der Waals surface area (Å²) in [5.41, 5.74) is -1.42. The van der Waals surface area contributed by atoms with E-state index in [0.717, 1.165) is 19.3 Å². The largest absolute Gasteiger partial charge is 0.497 e. The summed E-state index contributed by atoms with van der Waals surface area (Å²) in [6.07, 6.45) is 8.29. The molecule has 3 heterocycles. The smallest absolute Gasteiger partial charge is 0.312 e. The van der Waals surface area contributed by atoms with Gasteiger partial charge in [0.15, 0.2) is 0 Å². The highest BCUT2D eigenvalue weighted by Crippen LogP contribution is 2.65. The van der Waals surface area contributed by atoms with Crippen LogP contribution < -0.4 is 9.64 Å². The van der Waals surface area contributed by atoms with Gasteiger partial charge in [0.1, 0.15) is 23.3 Å². The van der Waals surface area contributed by atoms with Crippen LogP contribution in [-0.4, -0.2) is 78.4 Å². The Morgan fingerprint density at radius 3 is 2.50 bits per heavy atom. The molecule has 2 amide bonds. The lowest BCUT2D eigenvalue weighted by Crippen LogP contribution is -2.57. The Morgan fingerprint density at radius 1 is 1.14 bits per heavy atom. The molecule has 1 aromatic rings. The predicted molar refractivity (Wildman–Crippen MR) is 160 cm³/mol. The van der Waals surface area contributed by atoms with E-state index >= 15 is 0 Å². The molecule has 230 valence electrons. The molecule has 0 radical (unpaired) electrons. The molecule has 6 atom stereocenters. The molecule has 1 aromatic carbocycles. The van der Waals surface area contributed by atoms with Crippen molar-refractivity contribution in [2.75, 3.05) is 38.3 Å². The molecule has 4 rings (SSSR count). The van der Waals surface area contributed by atoms with Crippen LogP contribution in [0.1, 0.15) is 58.8 Å². The zero-order chi connectivity index (χ0) is 30.5. The molecule has 3 aliphatic heterocycles. The summed E-state index contributed by atoms with van der Waals surface area (Å²) >= 11 is 0. The highest BCUT2D eigenvalue weighted by molar-refractivity contribution is 6.04. The number of hydrogen-bond acceptors (Lipinski definition) is 7. The van der Waals surface area contributed by atoms with Gasteiger partial charge in [-0.15, -0.1) is 13.2 Å². The Bertz CT molecular complexity index is 1150. The van der Waals surface area contributed by atoms with Crippen LogP contribution in [0.4, 0.5) is 5.69 Å². The molecule has 2 bridgehead atoms. The summed E-state index contributed by atoms with van der Waals surface area (Å²) in [5, 5.41) is 9.19. The Hall–Kier alpha value is -3.17. The molecular formula is C33H46N2O7. The van der Waals surface area contributed by atoms with Crippen LogP contribution in [0.5, 0.6) is 5.75 Å². The number of esters is 1. The lowest BCUT2D eigenvalue weighted by atomic mass is 9.62. The van der Waals surface area contributed by atoms with E-state index in [-0.39, 0.29) is 37.5 Å². The van der Waals surface area contributed by atoms with E-state index in [1.165, 1.54) is 0 Å². The van der Waals surface area contributed by atoms with Crippen molar-refractivity contribution in [3.63, 3.8) is 0 Å². The van der Waals surface area contributed by atoms with E-state index in [1.54, 1.807) is 41.2 Å². The summed E-state index contributed by atoms with van der Waals surface area (Å²) in [4.78, 5) is 45.9. The SMILES string of the molecule is C=CCCCOC(=O)[C@@H]1[C@H]2C(=O)N(CCCCCCO)C(C(=O)N(CC=C)c3ccc(OC)cc3)C23CC(C)[C@@]1(C)O3. The number of benzene rings is 1. The fourth-order valence-electron chi connectivity index (χ4n) is 7.22. The maximum absolute atomic E-state index is 14.7. The molecule has 3 saturated heterocycles. The predicted octanol–water partition coefficient (Wildman–Crippen LogP) is 4.29. The van der Waals surface area contributed by atoms with Crippen LogP contribution in [0, 0.1) is 17.8 Å². The molecule has 9 heteroatoms. The van der Waals surface area contributed by atoms with Gasteiger partial charge in [-0.2, -0.15) is 0 Å². The summed E-state index contributed by atoms with van der Waals surface area (Å²) in [6.45, 7) is 12.5. The minimum Gasteiger partial charge on any atom is -0.497 e. The number of hydrogen-bond donors (Lipinski definition) is 1. The van der Waals surface area contributed by atoms with Crippen molar-refractivity contribution >= 4 is 23.5 Å². The third-order valence-corrected chi connectivity index (χ3v) is 9.37. The summed E-state index contributed by atoms with van der Waals surface area (Å²) in [7, 11) is 1.58. The number of aliphatic hydroxyl groups is 1. The minimum absolute atomic E-state index is 0.0686.